The largest absolute Gasteiger partial charge is 0.483 e. The maximum Gasteiger partial charge on any atom is 0.277 e. The molecule has 0 saturated heterocycles. The molecule has 0 aromatic heterocycles. The number of hydrazone groups is 1. The van der Waals surface area contributed by atoms with Gasteiger partial charge in [0.2, 0.25) is 0 Å². The molecule has 1 N–H and O–H groups in total. The van der Waals surface area contributed by atoms with Gasteiger partial charge in [0.15, 0.2) is 6.61 Å². The summed E-state index contributed by atoms with van der Waals surface area (Å²) in [7, 11) is 0. The third kappa shape index (κ3) is 5.00. The second-order valence-corrected chi connectivity index (χ2v) is 5.82. The zero-order valence-electron chi connectivity index (χ0n) is 12.5. The first kappa shape index (κ1) is 16.2. The van der Waals surface area contributed by atoms with Crippen molar-refractivity contribution in [2.24, 2.45) is 5.10 Å². The Balaban J connectivity index is 1.81. The first-order chi connectivity index (χ1) is 10.5. The van der Waals surface area contributed by atoms with Crippen LogP contribution in [0.25, 0.3) is 0 Å². The Morgan fingerprint density at radius 3 is 2.64 bits per heavy atom. The number of carbonyl (C=O) groups excluding carboxylic acids is 1. The normalized spacial score (nSPS) is 10.7. The van der Waals surface area contributed by atoms with Crippen molar-refractivity contribution in [3.8, 4) is 5.75 Å². The summed E-state index contributed by atoms with van der Waals surface area (Å²) in [5.74, 6) is 0.381. The maximum atomic E-state index is 11.7. The van der Waals surface area contributed by atoms with Crippen LogP contribution < -0.4 is 10.2 Å². The second kappa shape index (κ2) is 7.75. The van der Waals surface area contributed by atoms with Gasteiger partial charge in [0.1, 0.15) is 5.75 Å². The number of benzene rings is 2. The monoisotopic (exact) mass is 360 g/mol. The minimum absolute atomic E-state index is 0.0757. The molecule has 0 aliphatic carbocycles. The van der Waals surface area contributed by atoms with Crippen molar-refractivity contribution < 1.29 is 9.53 Å². The Morgan fingerprint density at radius 1 is 1.23 bits per heavy atom. The van der Waals surface area contributed by atoms with E-state index in [4.69, 9.17) is 4.74 Å². The number of rotatable bonds is 5. The number of hydrogen-bond donors (Lipinski definition) is 1. The molecule has 0 atom stereocenters. The first-order valence-corrected chi connectivity index (χ1v) is 7.61. The van der Waals surface area contributed by atoms with Gasteiger partial charge < -0.3 is 4.74 Å². The number of nitrogens with one attached hydrogen (secondary N) is 1. The molecule has 0 radical (unpaired) electrons. The topological polar surface area (TPSA) is 50.7 Å². The van der Waals surface area contributed by atoms with Crippen LogP contribution in [0, 0.1) is 13.8 Å². The standard InChI is InChI=1S/C17H17BrN2O2/c1-12-3-5-14(6-4-12)10-19-20-17(21)11-22-16-8-7-15(18)9-13(16)2/h3-10H,11H2,1-2H3,(H,20,21). The third-order valence-electron chi connectivity index (χ3n) is 2.98. The molecule has 2 rings (SSSR count). The van der Waals surface area contributed by atoms with E-state index in [2.05, 4.69) is 26.5 Å². The van der Waals surface area contributed by atoms with Crippen LogP contribution in [0.2, 0.25) is 0 Å². The van der Waals surface area contributed by atoms with Crippen LogP contribution >= 0.6 is 15.9 Å². The third-order valence-corrected chi connectivity index (χ3v) is 3.47. The SMILES string of the molecule is Cc1ccc(C=NNC(=O)COc2ccc(Br)cc2C)cc1. The van der Waals surface area contributed by atoms with Crippen LogP contribution in [-0.4, -0.2) is 18.7 Å². The van der Waals surface area contributed by atoms with Crippen molar-refractivity contribution in [1.82, 2.24) is 5.43 Å². The number of aryl methyl sites for hydroxylation is 2. The van der Waals surface area contributed by atoms with E-state index in [9.17, 15) is 4.79 Å². The molecule has 22 heavy (non-hydrogen) atoms. The van der Waals surface area contributed by atoms with Crippen molar-refractivity contribution in [3.63, 3.8) is 0 Å². The van der Waals surface area contributed by atoms with Gasteiger partial charge in [-0.2, -0.15) is 5.10 Å². The fourth-order valence-corrected chi connectivity index (χ4v) is 2.26. The highest BCUT2D eigenvalue weighted by Crippen LogP contribution is 2.21. The van der Waals surface area contributed by atoms with Crippen molar-refractivity contribution in [1.29, 1.82) is 0 Å². The highest BCUT2D eigenvalue weighted by atomic mass is 79.9. The average molecular weight is 361 g/mol. The molecule has 1 amide bonds. The Labute approximate surface area is 138 Å². The van der Waals surface area contributed by atoms with Crippen LogP contribution in [0.4, 0.5) is 0 Å². The predicted octanol–water partition coefficient (Wildman–Crippen LogP) is 3.60. The maximum absolute atomic E-state index is 11.7. The number of nitrogens with zero attached hydrogens (tertiary/aromatic N) is 1. The molecular weight excluding hydrogens is 344 g/mol. The molecule has 0 aliphatic rings. The molecular formula is C17H17BrN2O2. The molecule has 5 heteroatoms. The quantitative estimate of drug-likeness (QED) is 0.654. The highest BCUT2D eigenvalue weighted by molar-refractivity contribution is 9.10. The first-order valence-electron chi connectivity index (χ1n) is 6.82. The fraction of sp³-hybridized carbons (Fsp3) is 0.176. The van der Waals surface area contributed by atoms with E-state index in [-0.39, 0.29) is 12.5 Å². The van der Waals surface area contributed by atoms with E-state index in [0.717, 1.165) is 15.6 Å². The van der Waals surface area contributed by atoms with Gasteiger partial charge in [0.25, 0.3) is 5.91 Å². The Morgan fingerprint density at radius 2 is 1.95 bits per heavy atom. The lowest BCUT2D eigenvalue weighted by molar-refractivity contribution is -0.123. The van der Waals surface area contributed by atoms with Gasteiger partial charge in [-0.15, -0.1) is 0 Å². The summed E-state index contributed by atoms with van der Waals surface area (Å²) in [5.41, 5.74) is 5.51. The van der Waals surface area contributed by atoms with E-state index < -0.39 is 0 Å². The molecule has 0 spiro atoms. The number of amides is 1. The van der Waals surface area contributed by atoms with Crippen molar-refractivity contribution >= 4 is 28.1 Å². The van der Waals surface area contributed by atoms with Crippen LogP contribution in [-0.2, 0) is 4.79 Å². The summed E-state index contributed by atoms with van der Waals surface area (Å²) < 4.78 is 6.44. The van der Waals surface area contributed by atoms with E-state index in [1.165, 1.54) is 5.56 Å². The number of ether oxygens (including phenoxy) is 1. The lowest BCUT2D eigenvalue weighted by Crippen LogP contribution is -2.24. The zero-order valence-corrected chi connectivity index (χ0v) is 14.1. The Hall–Kier alpha value is -2.14. The van der Waals surface area contributed by atoms with Gasteiger partial charge in [0, 0.05) is 4.47 Å². The summed E-state index contributed by atoms with van der Waals surface area (Å²) in [6.45, 7) is 3.87. The van der Waals surface area contributed by atoms with Crippen molar-refractivity contribution in [3.05, 3.63) is 63.6 Å². The molecule has 0 fully saturated rings. The molecule has 0 heterocycles. The van der Waals surface area contributed by atoms with E-state index >= 15 is 0 Å². The van der Waals surface area contributed by atoms with E-state index in [1.54, 1.807) is 6.21 Å². The summed E-state index contributed by atoms with van der Waals surface area (Å²) in [6.07, 6.45) is 1.60. The number of halogens is 1. The minimum atomic E-state index is -0.300. The van der Waals surface area contributed by atoms with Crippen LogP contribution in [0.3, 0.4) is 0 Å². The summed E-state index contributed by atoms with van der Waals surface area (Å²) in [4.78, 5) is 11.7. The number of hydrogen-bond acceptors (Lipinski definition) is 3. The Bertz CT molecular complexity index is 682. The highest BCUT2D eigenvalue weighted by Gasteiger charge is 2.04. The van der Waals surface area contributed by atoms with Crippen LogP contribution in [0.5, 0.6) is 5.75 Å². The van der Waals surface area contributed by atoms with Crippen molar-refractivity contribution in [2.75, 3.05) is 6.61 Å². The Kier molecular flexibility index (Phi) is 5.72. The summed E-state index contributed by atoms with van der Waals surface area (Å²) >= 11 is 3.38. The minimum Gasteiger partial charge on any atom is -0.483 e. The molecule has 2 aromatic rings. The zero-order chi connectivity index (χ0) is 15.9. The fourth-order valence-electron chi connectivity index (χ4n) is 1.78. The van der Waals surface area contributed by atoms with Crippen LogP contribution in [0.15, 0.2) is 52.0 Å². The molecule has 4 nitrogen and oxygen atoms in total. The molecule has 2 aromatic carbocycles. The van der Waals surface area contributed by atoms with E-state index in [0.29, 0.717) is 5.75 Å². The molecule has 0 unspecified atom stereocenters. The predicted molar refractivity (Wildman–Crippen MR) is 91.3 cm³/mol. The van der Waals surface area contributed by atoms with Gasteiger partial charge in [0.05, 0.1) is 6.21 Å². The average Bonchev–Trinajstić information content (AvgIpc) is 2.48. The lowest BCUT2D eigenvalue weighted by atomic mass is 10.2. The summed E-state index contributed by atoms with van der Waals surface area (Å²) in [6, 6.07) is 13.5. The summed E-state index contributed by atoms with van der Waals surface area (Å²) in [5, 5.41) is 3.91. The second-order valence-electron chi connectivity index (χ2n) is 4.90. The molecule has 0 bridgehead atoms. The van der Waals surface area contributed by atoms with Gasteiger partial charge >= 0.3 is 0 Å². The molecule has 0 aliphatic heterocycles. The van der Waals surface area contributed by atoms with Crippen molar-refractivity contribution in [2.45, 2.75) is 13.8 Å². The van der Waals surface area contributed by atoms with Gasteiger partial charge in [-0.1, -0.05) is 45.8 Å². The smallest absolute Gasteiger partial charge is 0.277 e. The molecule has 114 valence electrons. The molecule has 0 saturated carbocycles. The lowest BCUT2D eigenvalue weighted by Gasteiger charge is -2.08. The van der Waals surface area contributed by atoms with E-state index in [1.807, 2.05) is 56.3 Å². The van der Waals surface area contributed by atoms with Crippen LogP contribution in [0.1, 0.15) is 16.7 Å². The van der Waals surface area contributed by atoms with Gasteiger partial charge in [-0.3, -0.25) is 4.79 Å². The number of carbonyl (C=O) groups is 1. The van der Waals surface area contributed by atoms with Gasteiger partial charge in [-0.25, -0.2) is 5.43 Å². The van der Waals surface area contributed by atoms with Gasteiger partial charge in [-0.05, 0) is 43.2 Å².